The molecule has 27 heavy (non-hydrogen) atoms. The minimum absolute atomic E-state index is 0.723. The van der Waals surface area contributed by atoms with Gasteiger partial charge in [-0.25, -0.2) is 4.98 Å². The highest BCUT2D eigenvalue weighted by molar-refractivity contribution is 5.81. The van der Waals surface area contributed by atoms with Crippen molar-refractivity contribution < 1.29 is 0 Å². The number of nitrogens with zero attached hydrogens (tertiary/aromatic N) is 3. The SMILES string of the molecule is c1cc2ccc(CNc3cnc4ccc(N5CCCCC5)cc4n3)cc2[nH]1. The largest absolute Gasteiger partial charge is 0.371 e. The molecule has 3 heterocycles. The maximum atomic E-state index is 4.79. The van der Waals surface area contributed by atoms with E-state index in [9.17, 15) is 0 Å². The first-order valence-electron chi connectivity index (χ1n) is 9.67. The Bertz CT molecular complexity index is 1080. The number of hydrogen-bond donors (Lipinski definition) is 2. The summed E-state index contributed by atoms with van der Waals surface area (Å²) in [5.74, 6) is 0.810. The number of benzene rings is 2. The van der Waals surface area contributed by atoms with Crippen LogP contribution in [0.3, 0.4) is 0 Å². The predicted molar refractivity (Wildman–Crippen MR) is 111 cm³/mol. The van der Waals surface area contributed by atoms with Gasteiger partial charge in [-0.1, -0.05) is 12.1 Å². The Hall–Kier alpha value is -3.08. The van der Waals surface area contributed by atoms with Crippen molar-refractivity contribution in [1.29, 1.82) is 0 Å². The van der Waals surface area contributed by atoms with E-state index in [4.69, 9.17) is 4.98 Å². The van der Waals surface area contributed by atoms with Crippen LogP contribution < -0.4 is 10.2 Å². The van der Waals surface area contributed by atoms with Crippen LogP contribution in [0.2, 0.25) is 0 Å². The lowest BCUT2D eigenvalue weighted by molar-refractivity contribution is 0.578. The van der Waals surface area contributed by atoms with Crippen molar-refractivity contribution in [1.82, 2.24) is 15.0 Å². The number of fused-ring (bicyclic) bond motifs is 2. The standard InChI is InChI=1S/C22H23N5/c1-2-10-27(11-3-1)18-6-7-19-21(13-18)26-22(15-24-19)25-14-16-4-5-17-8-9-23-20(17)12-16/h4-9,12-13,15,23H,1-3,10-11,14H2,(H,25,26). The fraction of sp³-hybridized carbons (Fsp3) is 0.273. The summed E-state index contributed by atoms with van der Waals surface area (Å²) in [7, 11) is 0. The van der Waals surface area contributed by atoms with E-state index in [1.165, 1.54) is 35.9 Å². The molecule has 1 aliphatic heterocycles. The molecule has 0 aliphatic carbocycles. The molecule has 1 fully saturated rings. The number of aromatic amines is 1. The van der Waals surface area contributed by atoms with E-state index in [-0.39, 0.29) is 0 Å². The van der Waals surface area contributed by atoms with Crippen LogP contribution in [0.25, 0.3) is 21.9 Å². The van der Waals surface area contributed by atoms with Gasteiger partial charge in [-0.05, 0) is 60.5 Å². The molecule has 136 valence electrons. The Morgan fingerprint density at radius 3 is 2.81 bits per heavy atom. The molecule has 0 bridgehead atoms. The number of aromatic nitrogens is 3. The zero-order chi connectivity index (χ0) is 18.1. The van der Waals surface area contributed by atoms with Crippen LogP contribution in [0.5, 0.6) is 0 Å². The molecular formula is C22H23N5. The van der Waals surface area contributed by atoms with E-state index in [2.05, 4.69) is 62.6 Å². The van der Waals surface area contributed by atoms with E-state index in [1.807, 2.05) is 12.4 Å². The lowest BCUT2D eigenvalue weighted by Gasteiger charge is -2.28. The topological polar surface area (TPSA) is 56.8 Å². The molecule has 0 spiro atoms. The van der Waals surface area contributed by atoms with Crippen molar-refractivity contribution in [2.75, 3.05) is 23.3 Å². The van der Waals surface area contributed by atoms with Gasteiger partial charge in [0.2, 0.25) is 0 Å². The monoisotopic (exact) mass is 357 g/mol. The Kier molecular flexibility index (Phi) is 4.13. The molecule has 5 rings (SSSR count). The molecule has 5 heteroatoms. The minimum Gasteiger partial charge on any atom is -0.371 e. The highest BCUT2D eigenvalue weighted by Gasteiger charge is 2.12. The Morgan fingerprint density at radius 1 is 0.963 bits per heavy atom. The van der Waals surface area contributed by atoms with Crippen molar-refractivity contribution in [2.45, 2.75) is 25.8 Å². The van der Waals surface area contributed by atoms with Crippen molar-refractivity contribution in [3.63, 3.8) is 0 Å². The number of rotatable bonds is 4. The van der Waals surface area contributed by atoms with Gasteiger partial charge in [-0.15, -0.1) is 0 Å². The first kappa shape index (κ1) is 16.1. The molecule has 4 aromatic rings. The fourth-order valence-electron chi connectivity index (χ4n) is 3.83. The maximum absolute atomic E-state index is 4.79. The average Bonchev–Trinajstić information content (AvgIpc) is 3.20. The van der Waals surface area contributed by atoms with Crippen molar-refractivity contribution in [3.8, 4) is 0 Å². The van der Waals surface area contributed by atoms with Gasteiger partial charge in [-0.3, -0.25) is 4.98 Å². The highest BCUT2D eigenvalue weighted by atomic mass is 15.1. The van der Waals surface area contributed by atoms with Crippen LogP contribution in [0, 0.1) is 0 Å². The zero-order valence-corrected chi connectivity index (χ0v) is 15.3. The molecule has 0 unspecified atom stereocenters. The summed E-state index contributed by atoms with van der Waals surface area (Å²) in [6.45, 7) is 3.00. The predicted octanol–water partition coefficient (Wildman–Crippen LogP) is 4.71. The van der Waals surface area contributed by atoms with Gasteiger partial charge in [-0.2, -0.15) is 0 Å². The van der Waals surface area contributed by atoms with E-state index in [0.29, 0.717) is 0 Å². The molecule has 0 amide bonds. The van der Waals surface area contributed by atoms with Crippen LogP contribution in [0.4, 0.5) is 11.5 Å². The molecule has 1 saturated heterocycles. The average molecular weight is 357 g/mol. The Morgan fingerprint density at radius 2 is 1.89 bits per heavy atom. The lowest BCUT2D eigenvalue weighted by atomic mass is 10.1. The second kappa shape index (κ2) is 6.91. The summed E-state index contributed by atoms with van der Waals surface area (Å²) in [5.41, 5.74) is 5.52. The Labute approximate surface area is 158 Å². The minimum atomic E-state index is 0.723. The quantitative estimate of drug-likeness (QED) is 0.555. The van der Waals surface area contributed by atoms with Gasteiger partial charge < -0.3 is 15.2 Å². The van der Waals surface area contributed by atoms with Gasteiger partial charge in [0.1, 0.15) is 5.82 Å². The third kappa shape index (κ3) is 3.33. The lowest BCUT2D eigenvalue weighted by Crippen LogP contribution is -2.29. The first-order chi connectivity index (χ1) is 13.3. The van der Waals surface area contributed by atoms with Gasteiger partial charge in [0.05, 0.1) is 17.2 Å². The van der Waals surface area contributed by atoms with E-state index in [0.717, 1.165) is 42.0 Å². The summed E-state index contributed by atoms with van der Waals surface area (Å²) in [6.07, 6.45) is 7.67. The molecule has 5 nitrogen and oxygen atoms in total. The number of anilines is 2. The summed E-state index contributed by atoms with van der Waals surface area (Å²) >= 11 is 0. The van der Waals surface area contributed by atoms with Crippen LogP contribution in [-0.2, 0) is 6.54 Å². The van der Waals surface area contributed by atoms with Crippen LogP contribution in [0.15, 0.2) is 54.9 Å². The van der Waals surface area contributed by atoms with Crippen LogP contribution in [-0.4, -0.2) is 28.0 Å². The molecule has 0 atom stereocenters. The van der Waals surface area contributed by atoms with Crippen molar-refractivity contribution in [3.05, 3.63) is 60.4 Å². The van der Waals surface area contributed by atoms with Gasteiger partial charge in [0.15, 0.2) is 0 Å². The number of hydrogen-bond acceptors (Lipinski definition) is 4. The van der Waals surface area contributed by atoms with E-state index in [1.54, 1.807) is 0 Å². The maximum Gasteiger partial charge on any atom is 0.145 e. The van der Waals surface area contributed by atoms with Crippen LogP contribution in [0.1, 0.15) is 24.8 Å². The molecular weight excluding hydrogens is 334 g/mol. The first-order valence-corrected chi connectivity index (χ1v) is 9.67. The number of piperidine rings is 1. The van der Waals surface area contributed by atoms with Crippen LogP contribution >= 0.6 is 0 Å². The number of H-pyrrole nitrogens is 1. The number of nitrogens with one attached hydrogen (secondary N) is 2. The highest BCUT2D eigenvalue weighted by Crippen LogP contribution is 2.24. The van der Waals surface area contributed by atoms with Crippen molar-refractivity contribution in [2.24, 2.45) is 0 Å². The molecule has 1 aliphatic rings. The van der Waals surface area contributed by atoms with Gasteiger partial charge in [0, 0.05) is 37.0 Å². The summed E-state index contributed by atoms with van der Waals surface area (Å²) in [4.78, 5) is 15.1. The molecule has 2 N–H and O–H groups in total. The molecule has 2 aromatic carbocycles. The molecule has 0 saturated carbocycles. The van der Waals surface area contributed by atoms with E-state index >= 15 is 0 Å². The third-order valence-electron chi connectivity index (χ3n) is 5.34. The fourth-order valence-corrected chi connectivity index (χ4v) is 3.83. The Balaban J connectivity index is 1.36. The molecule has 2 aromatic heterocycles. The second-order valence-corrected chi connectivity index (χ2v) is 7.23. The third-order valence-corrected chi connectivity index (χ3v) is 5.34. The normalized spacial score (nSPS) is 14.7. The summed E-state index contributed by atoms with van der Waals surface area (Å²) in [5, 5.41) is 4.64. The molecule has 0 radical (unpaired) electrons. The smallest absolute Gasteiger partial charge is 0.145 e. The zero-order valence-electron chi connectivity index (χ0n) is 15.3. The van der Waals surface area contributed by atoms with Crippen molar-refractivity contribution >= 4 is 33.4 Å². The second-order valence-electron chi connectivity index (χ2n) is 7.23. The van der Waals surface area contributed by atoms with Gasteiger partial charge in [0.25, 0.3) is 0 Å². The summed E-state index contributed by atoms with van der Waals surface area (Å²) in [6, 6.07) is 15.0. The van der Waals surface area contributed by atoms with E-state index < -0.39 is 0 Å². The van der Waals surface area contributed by atoms with Gasteiger partial charge >= 0.3 is 0 Å². The summed E-state index contributed by atoms with van der Waals surface area (Å²) < 4.78 is 0.